The third-order valence-corrected chi connectivity index (χ3v) is 19.6. The first-order valence-corrected chi connectivity index (χ1v) is 33.6. The van der Waals surface area contributed by atoms with Crippen molar-refractivity contribution in [2.75, 3.05) is 19.6 Å². The molecule has 18 aromatic rings. The van der Waals surface area contributed by atoms with Gasteiger partial charge in [-0.05, 0) is 263 Å². The van der Waals surface area contributed by atoms with Crippen molar-refractivity contribution in [2.45, 2.75) is 27.7 Å². The van der Waals surface area contributed by atoms with Gasteiger partial charge in [-0.25, -0.2) is 0 Å². The molecule has 0 fully saturated rings. The molecule has 0 aliphatic rings. The van der Waals surface area contributed by atoms with Crippen molar-refractivity contribution in [1.29, 1.82) is 0 Å². The summed E-state index contributed by atoms with van der Waals surface area (Å²) in [5.41, 5.74) is 23.7. The highest BCUT2D eigenvalue weighted by molar-refractivity contribution is 6.28. The second-order valence-electron chi connectivity index (χ2n) is 26.0. The van der Waals surface area contributed by atoms with Crippen LogP contribution in [0.4, 0.5) is 68.2 Å². The molecule has 16 aromatic carbocycles. The lowest BCUT2D eigenvalue weighted by atomic mass is 9.97. The van der Waals surface area contributed by atoms with Gasteiger partial charge in [-0.3, -0.25) is 0 Å². The molecule has 466 valence electrons. The van der Waals surface area contributed by atoms with Gasteiger partial charge in [0.15, 0.2) is 0 Å². The van der Waals surface area contributed by atoms with Gasteiger partial charge in [-0.15, -0.1) is 0 Å². The molecular weight excluding hydrogens is 1190 g/mol. The summed E-state index contributed by atoms with van der Waals surface area (Å²) in [5.74, 6) is 0. The molecule has 0 atom stereocenters. The van der Waals surface area contributed by atoms with Gasteiger partial charge in [0.05, 0.1) is 0 Å². The molecule has 2 aromatic heterocycles. The number of benzene rings is 16. The first-order chi connectivity index (χ1) is 48.2. The van der Waals surface area contributed by atoms with E-state index < -0.39 is 0 Å². The number of hydrogen-bond acceptors (Lipinski definition) is 6. The van der Waals surface area contributed by atoms with Crippen molar-refractivity contribution >= 4 is 155 Å². The van der Waals surface area contributed by atoms with Crippen molar-refractivity contribution in [2.24, 2.45) is 0 Å². The molecule has 0 radical (unpaired) electrons. The maximum absolute atomic E-state index is 6.68. The van der Waals surface area contributed by atoms with Gasteiger partial charge < -0.3 is 28.4 Å². The number of fused-ring (bicyclic) bond motifs is 14. The number of anilines is 12. The molecule has 0 bridgehead atoms. The fourth-order valence-corrected chi connectivity index (χ4v) is 14.9. The molecule has 6 nitrogen and oxygen atoms in total. The molecule has 6 heteroatoms. The van der Waals surface area contributed by atoms with E-state index in [-0.39, 0.29) is 0 Å². The van der Waals surface area contributed by atoms with Crippen molar-refractivity contribution in [1.82, 2.24) is 0 Å². The lowest BCUT2D eigenvalue weighted by Crippen LogP contribution is -2.10. The summed E-state index contributed by atoms with van der Waals surface area (Å²) in [5, 5.41) is 13.7. The van der Waals surface area contributed by atoms with E-state index in [2.05, 4.69) is 375 Å². The Hall–Kier alpha value is -12.6. The van der Waals surface area contributed by atoms with Crippen LogP contribution in [0.3, 0.4) is 0 Å². The minimum atomic E-state index is 0.874. The second-order valence-corrected chi connectivity index (χ2v) is 26.0. The molecule has 0 saturated heterocycles. The standard InChI is InChI=1S/C92H66N4O2/c1-59-23-33-71(34-24-59)93(68-16-8-5-9-17-68)76-40-45-81-64(55-76)29-49-85-89(81)90-82-46-41-77(56-65(82)30-50-86(90)97-85)94(72-35-25-60(2)26-36-72)73-37-27-63(28-38-73)80-44-39-75(54-62(80)4)96(70-20-12-7-13-21-70)79-43-48-84-67(58-79)32-52-88-92(84)91-83-47-42-78(57-66(83)31-51-87(91)98-88)95(69-18-10-6-11-19-69)74-22-14-15-61(3)53-74/h5-58H,1-4H3. The summed E-state index contributed by atoms with van der Waals surface area (Å²) in [7, 11) is 0. The molecule has 0 aliphatic heterocycles. The Balaban J connectivity index is 0.670. The average Bonchev–Trinajstić information content (AvgIpc) is 1.54. The van der Waals surface area contributed by atoms with Crippen LogP contribution in [0.5, 0.6) is 0 Å². The summed E-state index contributed by atoms with van der Waals surface area (Å²) in [6, 6.07) is 119. The number of hydrogen-bond donors (Lipinski definition) is 0. The van der Waals surface area contributed by atoms with Crippen LogP contribution in [0.15, 0.2) is 336 Å². The van der Waals surface area contributed by atoms with Crippen molar-refractivity contribution < 1.29 is 8.83 Å². The highest BCUT2D eigenvalue weighted by Crippen LogP contribution is 2.48. The Morgan fingerprint density at radius 1 is 0.204 bits per heavy atom. The van der Waals surface area contributed by atoms with Crippen LogP contribution >= 0.6 is 0 Å². The summed E-state index contributed by atoms with van der Waals surface area (Å²) in [6.07, 6.45) is 0. The maximum Gasteiger partial charge on any atom is 0.136 e. The highest BCUT2D eigenvalue weighted by Gasteiger charge is 2.23. The first kappa shape index (κ1) is 58.0. The Morgan fingerprint density at radius 2 is 0.490 bits per heavy atom. The zero-order valence-electron chi connectivity index (χ0n) is 54.8. The number of nitrogens with zero attached hydrogens (tertiary/aromatic N) is 4. The fourth-order valence-electron chi connectivity index (χ4n) is 14.9. The summed E-state index contributed by atoms with van der Waals surface area (Å²) < 4.78 is 13.4. The molecule has 18 rings (SSSR count). The molecule has 98 heavy (non-hydrogen) atoms. The summed E-state index contributed by atoms with van der Waals surface area (Å²) >= 11 is 0. The number of furan rings is 2. The number of aryl methyl sites for hydroxylation is 4. The first-order valence-electron chi connectivity index (χ1n) is 33.6. The van der Waals surface area contributed by atoms with E-state index in [1.54, 1.807) is 0 Å². The van der Waals surface area contributed by atoms with Gasteiger partial charge in [0, 0.05) is 89.8 Å². The van der Waals surface area contributed by atoms with Gasteiger partial charge in [-0.1, -0.05) is 169 Å². The van der Waals surface area contributed by atoms with Gasteiger partial charge in [0.25, 0.3) is 0 Å². The summed E-state index contributed by atoms with van der Waals surface area (Å²) in [6.45, 7) is 8.65. The van der Waals surface area contributed by atoms with Gasteiger partial charge >= 0.3 is 0 Å². The number of rotatable bonds is 13. The molecule has 0 aliphatic carbocycles. The maximum atomic E-state index is 6.68. The Bertz CT molecular complexity index is 6100. The molecule has 0 N–H and O–H groups in total. The predicted molar refractivity (Wildman–Crippen MR) is 414 cm³/mol. The minimum absolute atomic E-state index is 0.874. The topological polar surface area (TPSA) is 39.2 Å². The van der Waals surface area contributed by atoms with E-state index in [1.807, 2.05) is 0 Å². The summed E-state index contributed by atoms with van der Waals surface area (Å²) in [4.78, 5) is 9.40. The van der Waals surface area contributed by atoms with Crippen LogP contribution in [0.25, 0.3) is 98.1 Å². The van der Waals surface area contributed by atoms with E-state index >= 15 is 0 Å². The van der Waals surface area contributed by atoms with E-state index in [0.717, 1.165) is 161 Å². The molecule has 2 heterocycles. The monoisotopic (exact) mass is 1260 g/mol. The normalized spacial score (nSPS) is 11.7. The molecule has 0 saturated carbocycles. The van der Waals surface area contributed by atoms with Crippen LogP contribution < -0.4 is 19.6 Å². The molecule has 0 spiro atoms. The van der Waals surface area contributed by atoms with Crippen molar-refractivity contribution in [3.05, 3.63) is 350 Å². The lowest BCUT2D eigenvalue weighted by Gasteiger charge is -2.27. The smallest absolute Gasteiger partial charge is 0.136 e. The van der Waals surface area contributed by atoms with Crippen molar-refractivity contribution in [3.8, 4) is 11.1 Å². The van der Waals surface area contributed by atoms with Crippen LogP contribution in [0, 0.1) is 27.7 Å². The predicted octanol–water partition coefficient (Wildman–Crippen LogP) is 26.9. The van der Waals surface area contributed by atoms with E-state index in [0.29, 0.717) is 0 Å². The molecule has 0 unspecified atom stereocenters. The SMILES string of the molecule is Cc1ccc(N(c2ccccc2)c2ccc3c(ccc4oc5ccc6cc(N(c7ccc(C)cc7)c7ccc(-c8ccc(N(c9ccccc9)c9ccc%10c(ccc%11oc%12ccc%13cc(N(c%14ccccc%14)c%14cccc(C)c%14)ccc%13c%12c%11%10)c9)cc8C)cc7)ccc6c5c43)c2)cc1. The Morgan fingerprint density at radius 3 is 0.837 bits per heavy atom. The Labute approximate surface area is 568 Å². The quantitative estimate of drug-likeness (QED) is 0.115. The van der Waals surface area contributed by atoms with Crippen LogP contribution in [-0.2, 0) is 0 Å². The largest absolute Gasteiger partial charge is 0.456 e. The van der Waals surface area contributed by atoms with Crippen LogP contribution in [-0.4, -0.2) is 0 Å². The van der Waals surface area contributed by atoms with Gasteiger partial charge in [0.1, 0.15) is 22.3 Å². The van der Waals surface area contributed by atoms with E-state index in [4.69, 9.17) is 8.83 Å². The average molecular weight is 1260 g/mol. The van der Waals surface area contributed by atoms with Gasteiger partial charge in [-0.2, -0.15) is 0 Å². The Kier molecular flexibility index (Phi) is 14.0. The zero-order valence-corrected chi connectivity index (χ0v) is 54.8. The fraction of sp³-hybridized carbons (Fsp3) is 0.0435. The van der Waals surface area contributed by atoms with Crippen LogP contribution in [0.1, 0.15) is 22.3 Å². The van der Waals surface area contributed by atoms with Crippen molar-refractivity contribution in [3.63, 3.8) is 0 Å². The van der Waals surface area contributed by atoms with E-state index in [9.17, 15) is 0 Å². The second kappa shape index (κ2) is 23.7. The lowest BCUT2D eigenvalue weighted by molar-refractivity contribution is 0.669. The molecular formula is C92H66N4O2. The third-order valence-electron chi connectivity index (χ3n) is 19.6. The van der Waals surface area contributed by atoms with Gasteiger partial charge in [0.2, 0.25) is 0 Å². The van der Waals surface area contributed by atoms with E-state index in [1.165, 1.54) is 27.8 Å². The van der Waals surface area contributed by atoms with Crippen LogP contribution in [0.2, 0.25) is 0 Å². The highest BCUT2D eigenvalue weighted by atomic mass is 16.3. The molecule has 0 amide bonds. The third kappa shape index (κ3) is 10.1. The number of para-hydroxylation sites is 3. The zero-order chi connectivity index (χ0) is 65.5. The minimum Gasteiger partial charge on any atom is -0.456 e.